The zero-order chi connectivity index (χ0) is 18.1. The zero-order valence-electron chi connectivity index (χ0n) is 15.6. The number of nitrogens with zero attached hydrogens (tertiary/aromatic N) is 1. The molecule has 140 valence electrons. The third-order valence-electron chi connectivity index (χ3n) is 4.57. The molecule has 0 heterocycles. The first kappa shape index (κ1) is 19.8. The van der Waals surface area contributed by atoms with Crippen molar-refractivity contribution in [3.8, 4) is 5.75 Å². The van der Waals surface area contributed by atoms with Crippen LogP contribution in [-0.2, 0) is 17.3 Å². The molecule has 0 bridgehead atoms. The van der Waals surface area contributed by atoms with Crippen molar-refractivity contribution in [2.75, 3.05) is 19.4 Å². The molecule has 5 nitrogen and oxygen atoms in total. The highest BCUT2D eigenvalue weighted by Crippen LogP contribution is 2.23. The number of benzene rings is 1. The van der Waals surface area contributed by atoms with Crippen molar-refractivity contribution >= 4 is 16.8 Å². The van der Waals surface area contributed by atoms with Gasteiger partial charge in [0, 0.05) is 47.0 Å². The molecule has 1 aromatic carbocycles. The zero-order valence-corrected chi connectivity index (χ0v) is 16.4. The van der Waals surface area contributed by atoms with Crippen LogP contribution in [0.1, 0.15) is 45.1 Å². The third-order valence-corrected chi connectivity index (χ3v) is 6.31. The minimum absolute atomic E-state index is 0.313. The van der Waals surface area contributed by atoms with Crippen molar-refractivity contribution in [1.29, 1.82) is 0 Å². The first-order chi connectivity index (χ1) is 12.2. The minimum Gasteiger partial charge on any atom is -0.494 e. The minimum atomic E-state index is -0.707. The van der Waals surface area contributed by atoms with Gasteiger partial charge in [-0.25, -0.2) is 0 Å². The molecule has 0 saturated heterocycles. The SMILES string of the molecule is CCOc1ccccc1CNC(=NC)NC1CCCC(S(=O)CC)C1. The maximum absolute atomic E-state index is 12.1. The van der Waals surface area contributed by atoms with Gasteiger partial charge in [0.2, 0.25) is 0 Å². The van der Waals surface area contributed by atoms with Crippen molar-refractivity contribution in [1.82, 2.24) is 10.6 Å². The van der Waals surface area contributed by atoms with E-state index in [2.05, 4.69) is 21.7 Å². The van der Waals surface area contributed by atoms with Crippen LogP contribution in [0.3, 0.4) is 0 Å². The fourth-order valence-corrected chi connectivity index (χ4v) is 4.61. The van der Waals surface area contributed by atoms with Gasteiger partial charge in [-0.1, -0.05) is 31.5 Å². The summed E-state index contributed by atoms with van der Waals surface area (Å²) in [7, 11) is 1.08. The topological polar surface area (TPSA) is 62.7 Å². The average molecular weight is 366 g/mol. The van der Waals surface area contributed by atoms with Crippen LogP contribution in [0.4, 0.5) is 0 Å². The molecule has 0 aliphatic heterocycles. The molecule has 1 saturated carbocycles. The van der Waals surface area contributed by atoms with E-state index < -0.39 is 10.8 Å². The van der Waals surface area contributed by atoms with Crippen LogP contribution in [0.5, 0.6) is 5.75 Å². The van der Waals surface area contributed by atoms with Crippen molar-refractivity contribution in [2.45, 2.75) is 57.4 Å². The smallest absolute Gasteiger partial charge is 0.191 e. The molecule has 1 fully saturated rings. The second kappa shape index (κ2) is 10.4. The normalized spacial score (nSPS) is 22.3. The molecular formula is C19H31N3O2S. The highest BCUT2D eigenvalue weighted by Gasteiger charge is 2.26. The van der Waals surface area contributed by atoms with Crippen LogP contribution in [0, 0.1) is 0 Å². The number of ether oxygens (including phenoxy) is 1. The second-order valence-corrected chi connectivity index (χ2v) is 8.27. The van der Waals surface area contributed by atoms with E-state index in [1.807, 2.05) is 32.0 Å². The summed E-state index contributed by atoms with van der Waals surface area (Å²) in [5.41, 5.74) is 1.11. The monoisotopic (exact) mass is 365 g/mol. The Bertz CT molecular complexity index is 592. The number of nitrogens with one attached hydrogen (secondary N) is 2. The van der Waals surface area contributed by atoms with Gasteiger partial charge in [0.1, 0.15) is 5.75 Å². The van der Waals surface area contributed by atoms with Gasteiger partial charge in [-0.05, 0) is 32.3 Å². The fraction of sp³-hybridized carbons (Fsp3) is 0.632. The largest absolute Gasteiger partial charge is 0.494 e. The quantitative estimate of drug-likeness (QED) is 0.576. The van der Waals surface area contributed by atoms with Crippen LogP contribution in [-0.4, -0.2) is 40.9 Å². The van der Waals surface area contributed by atoms with Crippen LogP contribution < -0.4 is 15.4 Å². The maximum atomic E-state index is 12.1. The van der Waals surface area contributed by atoms with Gasteiger partial charge in [-0.3, -0.25) is 9.20 Å². The molecule has 1 aliphatic carbocycles. The van der Waals surface area contributed by atoms with Crippen molar-refractivity contribution in [2.24, 2.45) is 4.99 Å². The molecule has 0 spiro atoms. The number of para-hydroxylation sites is 1. The highest BCUT2D eigenvalue weighted by molar-refractivity contribution is 7.85. The van der Waals surface area contributed by atoms with Gasteiger partial charge >= 0.3 is 0 Å². The molecule has 25 heavy (non-hydrogen) atoms. The Morgan fingerprint density at radius 3 is 2.84 bits per heavy atom. The molecule has 0 aromatic heterocycles. The Hall–Kier alpha value is -1.56. The van der Waals surface area contributed by atoms with E-state index in [1.165, 1.54) is 0 Å². The van der Waals surface area contributed by atoms with Crippen molar-refractivity contribution < 1.29 is 8.95 Å². The van der Waals surface area contributed by atoms with Crippen molar-refractivity contribution in [3.05, 3.63) is 29.8 Å². The number of hydrogen-bond donors (Lipinski definition) is 2. The van der Waals surface area contributed by atoms with Crippen LogP contribution in [0.2, 0.25) is 0 Å². The number of guanidine groups is 1. The molecule has 3 atom stereocenters. The summed E-state index contributed by atoms with van der Waals surface area (Å²) >= 11 is 0. The molecule has 0 radical (unpaired) electrons. The molecular weight excluding hydrogens is 334 g/mol. The lowest BCUT2D eigenvalue weighted by Crippen LogP contribution is -2.46. The Kier molecular flexibility index (Phi) is 8.25. The van der Waals surface area contributed by atoms with Gasteiger partial charge in [-0.2, -0.15) is 0 Å². The number of aliphatic imine (C=N–C) groups is 1. The van der Waals surface area contributed by atoms with Gasteiger partial charge in [0.15, 0.2) is 5.96 Å². The standard InChI is InChI=1S/C19H31N3O2S/c1-4-24-18-12-7-6-9-15(18)14-21-19(20-3)22-16-10-8-11-17(13-16)25(23)5-2/h6-7,9,12,16-17H,4-5,8,10-11,13-14H2,1-3H3,(H2,20,21,22). The molecule has 3 unspecified atom stereocenters. The Morgan fingerprint density at radius 1 is 1.32 bits per heavy atom. The van der Waals surface area contributed by atoms with Gasteiger partial charge in [0.25, 0.3) is 0 Å². The lowest BCUT2D eigenvalue weighted by atomic mass is 9.95. The van der Waals surface area contributed by atoms with E-state index in [0.29, 0.717) is 24.4 Å². The molecule has 2 rings (SSSR count). The summed E-state index contributed by atoms with van der Waals surface area (Å²) in [5, 5.41) is 7.19. The summed E-state index contributed by atoms with van der Waals surface area (Å²) in [4.78, 5) is 4.34. The Balaban J connectivity index is 1.90. The molecule has 0 amide bonds. The molecule has 1 aromatic rings. The van der Waals surface area contributed by atoms with E-state index in [9.17, 15) is 4.21 Å². The molecule has 6 heteroatoms. The predicted molar refractivity (Wildman–Crippen MR) is 106 cm³/mol. The van der Waals surface area contributed by atoms with Gasteiger partial charge in [0.05, 0.1) is 6.61 Å². The Morgan fingerprint density at radius 2 is 2.12 bits per heavy atom. The van der Waals surface area contributed by atoms with Crippen LogP contribution in [0.25, 0.3) is 0 Å². The van der Waals surface area contributed by atoms with E-state index in [0.717, 1.165) is 48.7 Å². The Labute approximate surface area is 154 Å². The van der Waals surface area contributed by atoms with Crippen LogP contribution >= 0.6 is 0 Å². The van der Waals surface area contributed by atoms with Crippen molar-refractivity contribution in [3.63, 3.8) is 0 Å². The van der Waals surface area contributed by atoms with E-state index in [1.54, 1.807) is 7.05 Å². The number of hydrogen-bond acceptors (Lipinski definition) is 3. The van der Waals surface area contributed by atoms with E-state index in [-0.39, 0.29) is 0 Å². The van der Waals surface area contributed by atoms with E-state index in [4.69, 9.17) is 4.74 Å². The molecule has 2 N–H and O–H groups in total. The summed E-state index contributed by atoms with van der Waals surface area (Å²) < 4.78 is 17.8. The summed E-state index contributed by atoms with van der Waals surface area (Å²) in [6.07, 6.45) is 4.26. The summed E-state index contributed by atoms with van der Waals surface area (Å²) in [6, 6.07) is 8.39. The van der Waals surface area contributed by atoms with Gasteiger partial charge in [-0.15, -0.1) is 0 Å². The highest BCUT2D eigenvalue weighted by atomic mass is 32.2. The van der Waals surface area contributed by atoms with Gasteiger partial charge < -0.3 is 15.4 Å². The predicted octanol–water partition coefficient (Wildman–Crippen LogP) is 2.83. The second-order valence-electron chi connectivity index (χ2n) is 6.27. The maximum Gasteiger partial charge on any atom is 0.191 e. The average Bonchev–Trinajstić information content (AvgIpc) is 2.66. The van der Waals surface area contributed by atoms with E-state index >= 15 is 0 Å². The summed E-state index contributed by atoms with van der Waals surface area (Å²) in [6.45, 7) is 5.31. The third kappa shape index (κ3) is 6.03. The van der Waals surface area contributed by atoms with Crippen LogP contribution in [0.15, 0.2) is 29.3 Å². The fourth-order valence-electron chi connectivity index (χ4n) is 3.26. The lowest BCUT2D eigenvalue weighted by molar-refractivity contribution is 0.336. The summed E-state index contributed by atoms with van der Waals surface area (Å²) in [5.74, 6) is 2.45. The molecule has 1 aliphatic rings. The first-order valence-electron chi connectivity index (χ1n) is 9.23. The number of rotatable bonds is 7. The lowest BCUT2D eigenvalue weighted by Gasteiger charge is -2.30. The first-order valence-corrected chi connectivity index (χ1v) is 10.6.